The van der Waals surface area contributed by atoms with Gasteiger partial charge in [0, 0.05) is 13.1 Å². The second-order valence-electron chi connectivity index (χ2n) is 6.65. The van der Waals surface area contributed by atoms with Gasteiger partial charge in [-0.25, -0.2) is 8.42 Å². The van der Waals surface area contributed by atoms with E-state index in [2.05, 4.69) is 0 Å². The highest BCUT2D eigenvalue weighted by atomic mass is 32.2. The van der Waals surface area contributed by atoms with Crippen molar-refractivity contribution < 1.29 is 18.3 Å². The van der Waals surface area contributed by atoms with Crippen molar-refractivity contribution in [2.45, 2.75) is 36.5 Å². The molecule has 0 radical (unpaired) electrons. The second-order valence-corrected chi connectivity index (χ2v) is 8.59. The van der Waals surface area contributed by atoms with E-state index in [0.717, 1.165) is 17.5 Å². The molecule has 2 aromatic rings. The molecule has 26 heavy (non-hydrogen) atoms. The van der Waals surface area contributed by atoms with Crippen LogP contribution in [0.2, 0.25) is 0 Å². The van der Waals surface area contributed by atoms with Crippen molar-refractivity contribution in [1.29, 1.82) is 0 Å². The van der Waals surface area contributed by atoms with Gasteiger partial charge in [0.1, 0.15) is 0 Å². The highest BCUT2D eigenvalue weighted by Crippen LogP contribution is 2.37. The van der Waals surface area contributed by atoms with Gasteiger partial charge in [0.2, 0.25) is 10.0 Å². The van der Waals surface area contributed by atoms with Crippen molar-refractivity contribution in [1.82, 2.24) is 4.31 Å². The van der Waals surface area contributed by atoms with Gasteiger partial charge >= 0.3 is 5.97 Å². The summed E-state index contributed by atoms with van der Waals surface area (Å²) < 4.78 is 27.2. The summed E-state index contributed by atoms with van der Waals surface area (Å²) in [7, 11) is -3.60. The van der Waals surface area contributed by atoms with Crippen molar-refractivity contribution >= 4 is 16.0 Å². The van der Waals surface area contributed by atoms with Crippen LogP contribution in [0.3, 0.4) is 0 Å². The first-order valence-electron chi connectivity index (χ1n) is 8.78. The van der Waals surface area contributed by atoms with Crippen molar-refractivity contribution in [3.8, 4) is 0 Å². The van der Waals surface area contributed by atoms with Gasteiger partial charge in [-0.05, 0) is 42.5 Å². The number of sulfonamides is 1. The number of hydrogen-bond donors (Lipinski definition) is 1. The fraction of sp³-hybridized carbons (Fsp3) is 0.350. The summed E-state index contributed by atoms with van der Waals surface area (Å²) >= 11 is 0. The lowest BCUT2D eigenvalue weighted by Crippen LogP contribution is -2.49. The van der Waals surface area contributed by atoms with E-state index >= 15 is 0 Å². The average Bonchev–Trinajstić information content (AvgIpc) is 2.68. The first kappa shape index (κ1) is 18.6. The normalized spacial score (nSPS) is 17.7. The predicted molar refractivity (Wildman–Crippen MR) is 99.6 cm³/mol. The number of benzene rings is 2. The molecule has 1 saturated heterocycles. The van der Waals surface area contributed by atoms with E-state index in [4.69, 9.17) is 0 Å². The Morgan fingerprint density at radius 3 is 2.12 bits per heavy atom. The number of carboxylic acids is 1. The molecule has 3 rings (SSSR count). The van der Waals surface area contributed by atoms with Crippen molar-refractivity contribution in [3.05, 3.63) is 65.7 Å². The lowest BCUT2D eigenvalue weighted by Gasteiger charge is -2.38. The summed E-state index contributed by atoms with van der Waals surface area (Å²) in [4.78, 5) is 12.3. The number of carboxylic acid groups (broad SMARTS) is 1. The number of rotatable bonds is 5. The zero-order valence-electron chi connectivity index (χ0n) is 14.8. The minimum absolute atomic E-state index is 0.194. The molecule has 0 saturated carbocycles. The van der Waals surface area contributed by atoms with Gasteiger partial charge in [0.25, 0.3) is 0 Å². The van der Waals surface area contributed by atoms with Gasteiger partial charge in [0.15, 0.2) is 0 Å². The Kier molecular flexibility index (Phi) is 5.16. The van der Waals surface area contributed by atoms with Gasteiger partial charge in [-0.1, -0.05) is 49.4 Å². The monoisotopic (exact) mass is 373 g/mol. The molecule has 1 N–H and O–H groups in total. The lowest BCUT2D eigenvalue weighted by molar-refractivity contribution is -0.145. The Bertz CT molecular complexity index is 868. The van der Waals surface area contributed by atoms with E-state index in [0.29, 0.717) is 0 Å². The molecule has 0 aromatic heterocycles. The lowest BCUT2D eigenvalue weighted by atomic mass is 9.73. The van der Waals surface area contributed by atoms with Crippen LogP contribution in [-0.2, 0) is 26.7 Å². The summed E-state index contributed by atoms with van der Waals surface area (Å²) in [6.45, 7) is 2.40. The maximum Gasteiger partial charge on any atom is 0.314 e. The van der Waals surface area contributed by atoms with Gasteiger partial charge in [-0.3, -0.25) is 4.79 Å². The summed E-state index contributed by atoms with van der Waals surface area (Å²) in [5.74, 6) is -0.895. The van der Waals surface area contributed by atoms with E-state index in [-0.39, 0.29) is 30.8 Å². The summed E-state index contributed by atoms with van der Waals surface area (Å²) in [6, 6.07) is 16.0. The highest BCUT2D eigenvalue weighted by Gasteiger charge is 2.45. The molecule has 1 heterocycles. The predicted octanol–water partition coefficient (Wildman–Crippen LogP) is 3.06. The molecular weight excluding hydrogens is 350 g/mol. The molecule has 0 atom stereocenters. The quantitative estimate of drug-likeness (QED) is 0.874. The van der Waals surface area contributed by atoms with E-state index < -0.39 is 21.4 Å². The first-order valence-corrected chi connectivity index (χ1v) is 10.2. The van der Waals surface area contributed by atoms with Crippen LogP contribution in [0.4, 0.5) is 0 Å². The fourth-order valence-electron chi connectivity index (χ4n) is 3.54. The molecule has 138 valence electrons. The molecule has 0 spiro atoms. The number of hydrogen-bond acceptors (Lipinski definition) is 3. The number of piperidine rings is 1. The molecule has 1 fully saturated rings. The Morgan fingerprint density at radius 2 is 1.62 bits per heavy atom. The average molecular weight is 373 g/mol. The maximum absolute atomic E-state index is 12.9. The molecule has 1 aliphatic heterocycles. The fourth-order valence-corrected chi connectivity index (χ4v) is 4.98. The molecule has 0 bridgehead atoms. The minimum Gasteiger partial charge on any atom is -0.481 e. The van der Waals surface area contributed by atoms with Crippen LogP contribution in [0, 0.1) is 0 Å². The summed E-state index contributed by atoms with van der Waals surface area (Å²) in [6.07, 6.45) is 1.37. The molecule has 0 amide bonds. The standard InChI is InChI=1S/C20H23NO4S/c1-2-16-8-10-18(11-9-16)26(24,25)21-14-12-20(13-15-21,19(22)23)17-6-4-3-5-7-17/h3-11H,2,12-15H2,1H3,(H,22,23). The van der Waals surface area contributed by atoms with E-state index in [1.807, 2.05) is 49.4 Å². The van der Waals surface area contributed by atoms with Crippen LogP contribution in [0.15, 0.2) is 59.5 Å². The number of nitrogens with zero attached hydrogens (tertiary/aromatic N) is 1. The van der Waals surface area contributed by atoms with Crippen LogP contribution in [0.5, 0.6) is 0 Å². The van der Waals surface area contributed by atoms with Crippen LogP contribution in [0.1, 0.15) is 30.9 Å². The Balaban J connectivity index is 1.83. The van der Waals surface area contributed by atoms with Gasteiger partial charge in [-0.2, -0.15) is 4.31 Å². The summed E-state index contributed by atoms with van der Waals surface area (Å²) in [5, 5.41) is 9.84. The number of aryl methyl sites for hydroxylation is 1. The zero-order valence-corrected chi connectivity index (χ0v) is 15.6. The Labute approximate surface area is 154 Å². The molecule has 6 heteroatoms. The number of carbonyl (C=O) groups is 1. The van der Waals surface area contributed by atoms with Crippen LogP contribution >= 0.6 is 0 Å². The van der Waals surface area contributed by atoms with Crippen LogP contribution in [-0.4, -0.2) is 36.9 Å². The molecule has 0 unspecified atom stereocenters. The minimum atomic E-state index is -3.60. The molecule has 5 nitrogen and oxygen atoms in total. The third-order valence-electron chi connectivity index (χ3n) is 5.28. The topological polar surface area (TPSA) is 74.7 Å². The van der Waals surface area contributed by atoms with Gasteiger partial charge in [-0.15, -0.1) is 0 Å². The van der Waals surface area contributed by atoms with E-state index in [1.54, 1.807) is 12.1 Å². The third-order valence-corrected chi connectivity index (χ3v) is 7.19. The van der Waals surface area contributed by atoms with Crippen LogP contribution < -0.4 is 0 Å². The SMILES string of the molecule is CCc1ccc(S(=O)(=O)N2CCC(C(=O)O)(c3ccccc3)CC2)cc1. The smallest absolute Gasteiger partial charge is 0.314 e. The first-order chi connectivity index (χ1) is 12.4. The van der Waals surface area contributed by atoms with Crippen LogP contribution in [0.25, 0.3) is 0 Å². The molecule has 0 aliphatic carbocycles. The zero-order chi connectivity index (χ0) is 18.8. The number of aliphatic carboxylic acids is 1. The van der Waals surface area contributed by atoms with E-state index in [1.165, 1.54) is 4.31 Å². The Morgan fingerprint density at radius 1 is 1.04 bits per heavy atom. The molecular formula is C20H23NO4S. The van der Waals surface area contributed by atoms with Crippen molar-refractivity contribution in [2.75, 3.05) is 13.1 Å². The third kappa shape index (κ3) is 3.27. The molecule has 1 aliphatic rings. The van der Waals surface area contributed by atoms with Gasteiger partial charge < -0.3 is 5.11 Å². The molecule has 2 aromatic carbocycles. The largest absolute Gasteiger partial charge is 0.481 e. The van der Waals surface area contributed by atoms with E-state index in [9.17, 15) is 18.3 Å². The summed E-state index contributed by atoms with van der Waals surface area (Å²) in [5.41, 5.74) is 0.785. The Hall–Kier alpha value is -2.18. The second kappa shape index (κ2) is 7.21. The van der Waals surface area contributed by atoms with Crippen molar-refractivity contribution in [3.63, 3.8) is 0 Å². The van der Waals surface area contributed by atoms with Gasteiger partial charge in [0.05, 0.1) is 10.3 Å². The maximum atomic E-state index is 12.9. The van der Waals surface area contributed by atoms with Crippen molar-refractivity contribution in [2.24, 2.45) is 0 Å². The highest BCUT2D eigenvalue weighted by molar-refractivity contribution is 7.89.